The molecule has 7 heteroatoms. The Kier molecular flexibility index (Phi) is 7.17. The third-order valence-corrected chi connectivity index (χ3v) is 5.46. The third kappa shape index (κ3) is 5.35. The van der Waals surface area contributed by atoms with Crippen LogP contribution in [0.25, 0.3) is 0 Å². The summed E-state index contributed by atoms with van der Waals surface area (Å²) in [7, 11) is 3.48. The lowest BCUT2D eigenvalue weighted by atomic mass is 9.93. The van der Waals surface area contributed by atoms with E-state index >= 15 is 0 Å². The predicted molar refractivity (Wildman–Crippen MR) is 119 cm³/mol. The normalized spacial score (nSPS) is 18.4. The second-order valence-corrected chi connectivity index (χ2v) is 8.05. The maximum absolute atomic E-state index is 13.0. The summed E-state index contributed by atoms with van der Waals surface area (Å²) >= 11 is 0. The topological polar surface area (TPSA) is 71.1 Å². The van der Waals surface area contributed by atoms with Crippen molar-refractivity contribution in [2.45, 2.75) is 38.8 Å². The highest BCUT2D eigenvalue weighted by atomic mass is 16.5. The number of nitrogens with zero attached hydrogens (tertiary/aromatic N) is 2. The molecule has 1 aliphatic rings. The SMILES string of the molecule is CCOc1ccc(CN(C)CN2C(=O)N[C@](C)(CCc3ccccc3)C2=O)cc1OC. The summed E-state index contributed by atoms with van der Waals surface area (Å²) < 4.78 is 11.0. The van der Waals surface area contributed by atoms with Crippen LogP contribution in [0.4, 0.5) is 4.79 Å². The van der Waals surface area contributed by atoms with Gasteiger partial charge in [-0.2, -0.15) is 0 Å². The van der Waals surface area contributed by atoms with Crippen LogP contribution in [-0.2, 0) is 17.8 Å². The van der Waals surface area contributed by atoms with Gasteiger partial charge in [0.15, 0.2) is 11.5 Å². The van der Waals surface area contributed by atoms with Gasteiger partial charge in [-0.1, -0.05) is 36.4 Å². The molecule has 1 fully saturated rings. The van der Waals surface area contributed by atoms with Gasteiger partial charge in [-0.05, 0) is 57.0 Å². The smallest absolute Gasteiger partial charge is 0.326 e. The van der Waals surface area contributed by atoms with Crippen LogP contribution in [0, 0.1) is 0 Å². The number of methoxy groups -OCH3 is 1. The van der Waals surface area contributed by atoms with Crippen LogP contribution in [0.15, 0.2) is 48.5 Å². The van der Waals surface area contributed by atoms with Crippen molar-refractivity contribution >= 4 is 11.9 Å². The Hall–Kier alpha value is -3.06. The molecule has 0 aliphatic carbocycles. The Bertz CT molecular complexity index is 918. The summed E-state index contributed by atoms with van der Waals surface area (Å²) in [6.07, 6.45) is 1.27. The van der Waals surface area contributed by atoms with Gasteiger partial charge in [0.05, 0.1) is 20.4 Å². The first-order chi connectivity index (χ1) is 14.9. The second kappa shape index (κ2) is 9.83. The van der Waals surface area contributed by atoms with Crippen LogP contribution in [0.3, 0.4) is 0 Å². The molecule has 0 aromatic heterocycles. The minimum atomic E-state index is -0.893. The monoisotopic (exact) mass is 425 g/mol. The number of nitrogens with one attached hydrogen (secondary N) is 1. The molecule has 0 radical (unpaired) electrons. The lowest BCUT2D eigenvalue weighted by Crippen LogP contribution is -2.45. The molecule has 0 unspecified atom stereocenters. The highest BCUT2D eigenvalue weighted by molar-refractivity contribution is 6.06. The number of benzene rings is 2. The first-order valence-corrected chi connectivity index (χ1v) is 10.5. The Balaban J connectivity index is 1.61. The van der Waals surface area contributed by atoms with Gasteiger partial charge in [-0.25, -0.2) is 9.69 Å². The Morgan fingerprint density at radius 3 is 2.48 bits per heavy atom. The van der Waals surface area contributed by atoms with Crippen molar-refractivity contribution in [1.82, 2.24) is 15.1 Å². The molecule has 0 saturated carbocycles. The number of amides is 3. The first-order valence-electron chi connectivity index (χ1n) is 10.5. The van der Waals surface area contributed by atoms with Crippen molar-refractivity contribution in [3.05, 3.63) is 59.7 Å². The molecule has 1 saturated heterocycles. The highest BCUT2D eigenvalue weighted by Crippen LogP contribution is 2.29. The zero-order valence-corrected chi connectivity index (χ0v) is 18.7. The van der Waals surface area contributed by atoms with Gasteiger partial charge in [0.25, 0.3) is 5.91 Å². The van der Waals surface area contributed by atoms with Gasteiger partial charge in [0.2, 0.25) is 0 Å². The van der Waals surface area contributed by atoms with Crippen LogP contribution in [0.2, 0.25) is 0 Å². The summed E-state index contributed by atoms with van der Waals surface area (Å²) in [5, 5.41) is 2.88. The van der Waals surface area contributed by atoms with Crippen molar-refractivity contribution in [2.75, 3.05) is 27.4 Å². The molecule has 0 spiro atoms. The number of imide groups is 1. The van der Waals surface area contributed by atoms with Crippen molar-refractivity contribution in [3.8, 4) is 11.5 Å². The van der Waals surface area contributed by atoms with Gasteiger partial charge in [-0.15, -0.1) is 0 Å². The lowest BCUT2D eigenvalue weighted by Gasteiger charge is -2.25. The second-order valence-electron chi connectivity index (χ2n) is 8.05. The van der Waals surface area contributed by atoms with E-state index in [9.17, 15) is 9.59 Å². The van der Waals surface area contributed by atoms with E-state index in [4.69, 9.17) is 9.47 Å². The summed E-state index contributed by atoms with van der Waals surface area (Å²) in [5.74, 6) is 1.17. The third-order valence-electron chi connectivity index (χ3n) is 5.46. The summed E-state index contributed by atoms with van der Waals surface area (Å²) in [6.45, 7) is 5.05. The fourth-order valence-electron chi connectivity index (χ4n) is 3.77. The van der Waals surface area contributed by atoms with Crippen molar-refractivity contribution in [1.29, 1.82) is 0 Å². The zero-order chi connectivity index (χ0) is 22.4. The maximum Gasteiger partial charge on any atom is 0.326 e. The van der Waals surface area contributed by atoms with E-state index in [2.05, 4.69) is 5.32 Å². The standard InChI is InChI=1S/C24H31N3O4/c1-5-31-20-12-11-19(15-21(20)30-4)16-26(3)17-27-22(28)24(2,25-23(27)29)14-13-18-9-7-6-8-10-18/h6-12,15H,5,13-14,16-17H2,1-4H3,(H,25,29)/t24-/m1/s1. The number of hydrogen-bond acceptors (Lipinski definition) is 5. The molecule has 166 valence electrons. The minimum Gasteiger partial charge on any atom is -0.493 e. The molecule has 3 rings (SSSR count). The zero-order valence-electron chi connectivity index (χ0n) is 18.7. The highest BCUT2D eigenvalue weighted by Gasteiger charge is 2.47. The Labute approximate surface area is 183 Å². The quantitative estimate of drug-likeness (QED) is 0.591. The fourth-order valence-corrected chi connectivity index (χ4v) is 3.77. The molecular weight excluding hydrogens is 394 g/mol. The minimum absolute atomic E-state index is 0.190. The van der Waals surface area contributed by atoms with Gasteiger partial charge in [0.1, 0.15) is 5.54 Å². The van der Waals surface area contributed by atoms with E-state index in [1.165, 1.54) is 4.90 Å². The Morgan fingerprint density at radius 1 is 1.06 bits per heavy atom. The molecule has 7 nitrogen and oxygen atoms in total. The molecule has 2 aromatic rings. The molecular formula is C24H31N3O4. The first kappa shape index (κ1) is 22.6. The number of hydrogen-bond donors (Lipinski definition) is 1. The molecule has 0 bridgehead atoms. The van der Waals surface area contributed by atoms with Gasteiger partial charge in [0, 0.05) is 6.54 Å². The van der Waals surface area contributed by atoms with Gasteiger partial charge >= 0.3 is 6.03 Å². The van der Waals surface area contributed by atoms with E-state index in [0.29, 0.717) is 31.1 Å². The molecule has 1 atom stereocenters. The van der Waals surface area contributed by atoms with E-state index in [1.807, 2.05) is 67.4 Å². The molecule has 2 aromatic carbocycles. The maximum atomic E-state index is 13.0. The molecule has 1 aliphatic heterocycles. The average Bonchev–Trinajstić information content (AvgIpc) is 2.97. The number of rotatable bonds is 10. The predicted octanol–water partition coefficient (Wildman–Crippen LogP) is 3.43. The molecule has 31 heavy (non-hydrogen) atoms. The van der Waals surface area contributed by atoms with Crippen LogP contribution in [0.5, 0.6) is 11.5 Å². The summed E-state index contributed by atoms with van der Waals surface area (Å²) in [4.78, 5) is 28.8. The number of aryl methyl sites for hydroxylation is 1. The number of carbonyl (C=O) groups is 2. The van der Waals surface area contributed by atoms with E-state index in [0.717, 1.165) is 17.5 Å². The van der Waals surface area contributed by atoms with Crippen LogP contribution in [0.1, 0.15) is 31.4 Å². The lowest BCUT2D eigenvalue weighted by molar-refractivity contribution is -0.132. The van der Waals surface area contributed by atoms with Crippen molar-refractivity contribution < 1.29 is 19.1 Å². The van der Waals surface area contributed by atoms with Crippen LogP contribution < -0.4 is 14.8 Å². The average molecular weight is 426 g/mol. The molecule has 1 heterocycles. The van der Waals surface area contributed by atoms with Crippen LogP contribution >= 0.6 is 0 Å². The number of urea groups is 1. The van der Waals surface area contributed by atoms with Crippen molar-refractivity contribution in [2.24, 2.45) is 0 Å². The van der Waals surface area contributed by atoms with Crippen molar-refractivity contribution in [3.63, 3.8) is 0 Å². The fraction of sp³-hybridized carbons (Fsp3) is 0.417. The summed E-state index contributed by atoms with van der Waals surface area (Å²) in [6, 6.07) is 15.4. The summed E-state index contributed by atoms with van der Waals surface area (Å²) in [5.41, 5.74) is 1.25. The Morgan fingerprint density at radius 2 is 1.81 bits per heavy atom. The number of ether oxygens (including phenoxy) is 2. The van der Waals surface area contributed by atoms with E-state index in [-0.39, 0.29) is 18.6 Å². The number of carbonyl (C=O) groups excluding carboxylic acids is 2. The molecule has 3 amide bonds. The van der Waals surface area contributed by atoms with E-state index in [1.54, 1.807) is 14.0 Å². The van der Waals surface area contributed by atoms with E-state index < -0.39 is 5.54 Å². The molecule has 1 N–H and O–H groups in total. The van der Waals surface area contributed by atoms with Gasteiger partial charge in [-0.3, -0.25) is 9.69 Å². The van der Waals surface area contributed by atoms with Gasteiger partial charge < -0.3 is 14.8 Å². The largest absolute Gasteiger partial charge is 0.493 e. The van der Waals surface area contributed by atoms with Crippen LogP contribution in [-0.4, -0.2) is 54.7 Å².